The van der Waals surface area contributed by atoms with Crippen molar-refractivity contribution in [2.24, 2.45) is 5.92 Å². The topological polar surface area (TPSA) is 74.7 Å². The summed E-state index contributed by atoms with van der Waals surface area (Å²) in [5.41, 5.74) is 1.68. The highest BCUT2D eigenvalue weighted by Crippen LogP contribution is 2.35. The van der Waals surface area contributed by atoms with E-state index in [1.807, 2.05) is 0 Å². The number of aryl methyl sites for hydroxylation is 1. The number of hydrogen-bond donors (Lipinski definition) is 1. The fourth-order valence-electron chi connectivity index (χ4n) is 2.66. The number of carboxylic acids is 1. The Morgan fingerprint density at radius 2 is 2.10 bits per heavy atom. The van der Waals surface area contributed by atoms with Crippen LogP contribution in [0.2, 0.25) is 0 Å². The minimum Gasteiger partial charge on any atom is -0.478 e. The normalized spacial score (nSPS) is 18.7. The molecule has 0 unspecified atom stereocenters. The lowest BCUT2D eigenvalue weighted by Gasteiger charge is -2.30. The molecule has 1 aromatic carbocycles. The Morgan fingerprint density at radius 1 is 1.35 bits per heavy atom. The van der Waals surface area contributed by atoms with Crippen LogP contribution in [0.25, 0.3) is 0 Å². The van der Waals surface area contributed by atoms with Crippen LogP contribution in [0.3, 0.4) is 0 Å². The third-order valence-corrected chi connectivity index (χ3v) is 5.82. The number of carboxylic acid groups (broad SMARTS) is 1. The predicted octanol–water partition coefficient (Wildman–Crippen LogP) is 1.88. The molecule has 108 valence electrons. The summed E-state index contributed by atoms with van der Waals surface area (Å²) in [6.45, 7) is 0.495. The van der Waals surface area contributed by atoms with E-state index < -0.39 is 16.0 Å². The number of rotatable bonds is 4. The second kappa shape index (κ2) is 4.77. The van der Waals surface area contributed by atoms with Gasteiger partial charge >= 0.3 is 5.97 Å². The molecule has 3 rings (SSSR count). The molecule has 0 saturated heterocycles. The highest BCUT2D eigenvalue weighted by atomic mass is 32.2. The first-order valence-corrected chi connectivity index (χ1v) is 8.45. The summed E-state index contributed by atoms with van der Waals surface area (Å²) in [6, 6.07) is 4.70. The Labute approximate surface area is 118 Å². The Bertz CT molecular complexity index is 649. The molecule has 1 fully saturated rings. The van der Waals surface area contributed by atoms with E-state index >= 15 is 0 Å². The zero-order chi connectivity index (χ0) is 14.3. The molecule has 1 aromatic rings. The molecule has 1 N–H and O–H groups in total. The lowest BCUT2D eigenvalue weighted by molar-refractivity contribution is 0.0697. The van der Waals surface area contributed by atoms with E-state index in [4.69, 9.17) is 5.11 Å². The maximum absolute atomic E-state index is 12.4. The van der Waals surface area contributed by atoms with Gasteiger partial charge in [-0.25, -0.2) is 13.2 Å². The first kappa shape index (κ1) is 13.4. The number of benzene rings is 1. The van der Waals surface area contributed by atoms with Crippen LogP contribution < -0.4 is 4.31 Å². The van der Waals surface area contributed by atoms with Crippen molar-refractivity contribution in [1.82, 2.24) is 0 Å². The minimum atomic E-state index is -3.28. The fraction of sp³-hybridized carbons (Fsp3) is 0.500. The Hall–Kier alpha value is -1.56. The number of aromatic carboxylic acids is 1. The molecule has 0 atom stereocenters. The zero-order valence-electron chi connectivity index (χ0n) is 11.1. The van der Waals surface area contributed by atoms with E-state index in [2.05, 4.69) is 0 Å². The van der Waals surface area contributed by atoms with E-state index in [0.717, 1.165) is 31.2 Å². The molecule has 0 bridgehead atoms. The summed E-state index contributed by atoms with van der Waals surface area (Å²) in [4.78, 5) is 11.0. The number of carbonyl (C=O) groups is 1. The summed E-state index contributed by atoms with van der Waals surface area (Å²) in [5, 5.41) is 9.01. The maximum atomic E-state index is 12.4. The van der Waals surface area contributed by atoms with Crippen molar-refractivity contribution < 1.29 is 18.3 Å². The number of nitrogens with zero attached hydrogens (tertiary/aromatic N) is 1. The van der Waals surface area contributed by atoms with Crippen molar-refractivity contribution in [3.05, 3.63) is 29.3 Å². The number of sulfonamides is 1. The quantitative estimate of drug-likeness (QED) is 0.920. The highest BCUT2D eigenvalue weighted by Gasteiger charge is 2.34. The SMILES string of the molecule is O=C(O)c1ccc2c(c1)CCCN2S(=O)(=O)CC1CC1. The molecule has 0 aromatic heterocycles. The molecule has 0 radical (unpaired) electrons. The number of hydrogen-bond acceptors (Lipinski definition) is 3. The predicted molar refractivity (Wildman–Crippen MR) is 75.6 cm³/mol. The van der Waals surface area contributed by atoms with Gasteiger partial charge < -0.3 is 5.11 Å². The van der Waals surface area contributed by atoms with Gasteiger partial charge in [0.2, 0.25) is 10.0 Å². The van der Waals surface area contributed by atoms with Gasteiger partial charge in [0, 0.05) is 6.54 Å². The molecule has 0 spiro atoms. The van der Waals surface area contributed by atoms with Crippen molar-refractivity contribution >= 4 is 21.7 Å². The van der Waals surface area contributed by atoms with Gasteiger partial charge in [0.15, 0.2) is 0 Å². The molecule has 1 aliphatic heterocycles. The third-order valence-electron chi connectivity index (χ3n) is 3.88. The monoisotopic (exact) mass is 295 g/mol. The standard InChI is InChI=1S/C14H17NO4S/c16-14(17)12-5-6-13-11(8-12)2-1-7-15(13)20(18,19)9-10-3-4-10/h5-6,8,10H,1-4,7,9H2,(H,16,17). The zero-order valence-corrected chi connectivity index (χ0v) is 11.9. The van der Waals surface area contributed by atoms with Gasteiger partial charge in [-0.15, -0.1) is 0 Å². The van der Waals surface area contributed by atoms with Crippen LogP contribution in [0.5, 0.6) is 0 Å². The van der Waals surface area contributed by atoms with Crippen molar-refractivity contribution in [2.45, 2.75) is 25.7 Å². The average molecular weight is 295 g/mol. The first-order valence-electron chi connectivity index (χ1n) is 6.84. The van der Waals surface area contributed by atoms with E-state index in [1.54, 1.807) is 12.1 Å². The summed E-state index contributed by atoms with van der Waals surface area (Å²) in [7, 11) is -3.28. The Morgan fingerprint density at radius 3 is 2.75 bits per heavy atom. The van der Waals surface area contributed by atoms with Gasteiger partial charge in [-0.3, -0.25) is 4.31 Å². The summed E-state index contributed by atoms with van der Waals surface area (Å²) in [6.07, 6.45) is 3.46. The summed E-state index contributed by atoms with van der Waals surface area (Å²) >= 11 is 0. The van der Waals surface area contributed by atoms with Crippen molar-refractivity contribution in [1.29, 1.82) is 0 Å². The van der Waals surface area contributed by atoms with E-state index in [0.29, 0.717) is 18.2 Å². The molecule has 0 amide bonds. The smallest absolute Gasteiger partial charge is 0.335 e. The van der Waals surface area contributed by atoms with Gasteiger partial charge in [0.25, 0.3) is 0 Å². The largest absolute Gasteiger partial charge is 0.478 e. The molecule has 20 heavy (non-hydrogen) atoms. The van der Waals surface area contributed by atoms with Gasteiger partial charge in [0.05, 0.1) is 17.0 Å². The molecule has 6 heteroatoms. The molecular formula is C14H17NO4S. The Kier molecular flexibility index (Phi) is 3.20. The Balaban J connectivity index is 1.95. The second-order valence-corrected chi connectivity index (χ2v) is 7.48. The molecule has 1 aliphatic carbocycles. The van der Waals surface area contributed by atoms with Crippen LogP contribution in [-0.2, 0) is 16.4 Å². The van der Waals surface area contributed by atoms with Gasteiger partial charge in [0.1, 0.15) is 0 Å². The van der Waals surface area contributed by atoms with Gasteiger partial charge in [-0.2, -0.15) is 0 Å². The van der Waals surface area contributed by atoms with E-state index in [9.17, 15) is 13.2 Å². The summed E-state index contributed by atoms with van der Waals surface area (Å²) in [5.74, 6) is -0.456. The van der Waals surface area contributed by atoms with E-state index in [-0.39, 0.29) is 11.3 Å². The number of anilines is 1. The van der Waals surface area contributed by atoms with Crippen molar-refractivity contribution in [3.63, 3.8) is 0 Å². The van der Waals surface area contributed by atoms with Crippen molar-refractivity contribution in [3.8, 4) is 0 Å². The van der Waals surface area contributed by atoms with Gasteiger partial charge in [-0.05, 0) is 55.4 Å². The van der Waals surface area contributed by atoms with Crippen molar-refractivity contribution in [2.75, 3.05) is 16.6 Å². The molecule has 1 saturated carbocycles. The molecule has 1 heterocycles. The molecular weight excluding hydrogens is 278 g/mol. The average Bonchev–Trinajstić information content (AvgIpc) is 3.20. The van der Waals surface area contributed by atoms with Crippen LogP contribution in [0, 0.1) is 5.92 Å². The highest BCUT2D eigenvalue weighted by molar-refractivity contribution is 7.92. The molecule has 2 aliphatic rings. The molecule has 5 nitrogen and oxygen atoms in total. The van der Waals surface area contributed by atoms with Crippen LogP contribution in [0.15, 0.2) is 18.2 Å². The van der Waals surface area contributed by atoms with Crippen LogP contribution in [-0.4, -0.2) is 31.8 Å². The lowest BCUT2D eigenvalue weighted by atomic mass is 10.0. The summed E-state index contributed by atoms with van der Waals surface area (Å²) < 4.78 is 26.3. The van der Waals surface area contributed by atoms with Crippen LogP contribution in [0.4, 0.5) is 5.69 Å². The fourth-order valence-corrected chi connectivity index (χ4v) is 4.65. The first-order chi connectivity index (χ1) is 9.47. The van der Waals surface area contributed by atoms with Crippen LogP contribution in [0.1, 0.15) is 35.2 Å². The van der Waals surface area contributed by atoms with Crippen LogP contribution >= 0.6 is 0 Å². The number of fused-ring (bicyclic) bond motifs is 1. The maximum Gasteiger partial charge on any atom is 0.335 e. The minimum absolute atomic E-state index is 0.213. The third kappa shape index (κ3) is 2.52. The van der Waals surface area contributed by atoms with Gasteiger partial charge in [-0.1, -0.05) is 0 Å². The second-order valence-electron chi connectivity index (χ2n) is 5.55. The van der Waals surface area contributed by atoms with E-state index in [1.165, 1.54) is 10.4 Å². The lowest BCUT2D eigenvalue weighted by Crippen LogP contribution is -2.37.